The molecule has 4 aromatic carbocycles. The van der Waals surface area contributed by atoms with Gasteiger partial charge in [0.15, 0.2) is 11.5 Å². The van der Waals surface area contributed by atoms with E-state index in [4.69, 9.17) is 14.2 Å². The first-order valence-electron chi connectivity index (χ1n) is 12.6. The van der Waals surface area contributed by atoms with Crippen LogP contribution in [0.25, 0.3) is 0 Å². The summed E-state index contributed by atoms with van der Waals surface area (Å²) in [6, 6.07) is 28.8. The third-order valence-electron chi connectivity index (χ3n) is 5.78. The van der Waals surface area contributed by atoms with Crippen molar-refractivity contribution in [3.05, 3.63) is 131 Å². The number of nitrogens with one attached hydrogen (secondary N) is 1. The van der Waals surface area contributed by atoms with Crippen LogP contribution in [0, 0.1) is 0 Å². The topological polar surface area (TPSA) is 108 Å². The predicted octanol–water partition coefficient (Wildman–Crippen LogP) is 5.03. The number of ether oxygens (including phenoxy) is 3. The minimum Gasteiger partial charge on any atom is -0.464 e. The fraction of sp³-hybridized carbons (Fsp3) is 0.125. The Bertz CT molecular complexity index is 1470. The molecule has 0 aromatic heterocycles. The number of amides is 1. The average Bonchev–Trinajstić information content (AvgIpc) is 2.99. The van der Waals surface area contributed by atoms with Crippen molar-refractivity contribution in [1.82, 2.24) is 5.32 Å². The van der Waals surface area contributed by atoms with Crippen molar-refractivity contribution in [1.29, 1.82) is 0 Å². The Morgan fingerprint density at radius 3 is 1.68 bits per heavy atom. The number of rotatable bonds is 10. The van der Waals surface area contributed by atoms with Crippen molar-refractivity contribution < 1.29 is 33.4 Å². The number of benzene rings is 4. The molecule has 0 fully saturated rings. The summed E-state index contributed by atoms with van der Waals surface area (Å²) in [5.41, 5.74) is 1.53. The van der Waals surface area contributed by atoms with Gasteiger partial charge < -0.3 is 19.5 Å². The Morgan fingerprint density at radius 2 is 1.15 bits per heavy atom. The molecule has 0 aliphatic rings. The molecule has 0 heterocycles. The van der Waals surface area contributed by atoms with Crippen molar-refractivity contribution in [2.75, 3.05) is 6.61 Å². The van der Waals surface area contributed by atoms with E-state index in [-0.39, 0.29) is 24.5 Å². The Labute approximate surface area is 231 Å². The molecule has 40 heavy (non-hydrogen) atoms. The lowest BCUT2D eigenvalue weighted by Crippen LogP contribution is -2.43. The largest absolute Gasteiger partial charge is 0.464 e. The molecule has 0 aliphatic heterocycles. The summed E-state index contributed by atoms with van der Waals surface area (Å²) in [4.78, 5) is 51.1. The molecule has 1 amide bonds. The van der Waals surface area contributed by atoms with Crippen LogP contribution in [-0.4, -0.2) is 36.5 Å². The highest BCUT2D eigenvalue weighted by Crippen LogP contribution is 2.31. The summed E-state index contributed by atoms with van der Waals surface area (Å²) < 4.78 is 16.4. The van der Waals surface area contributed by atoms with Crippen LogP contribution in [0.4, 0.5) is 0 Å². The normalized spacial score (nSPS) is 11.1. The molecule has 202 valence electrons. The van der Waals surface area contributed by atoms with Crippen LogP contribution in [0.3, 0.4) is 0 Å². The first-order chi connectivity index (χ1) is 19.4. The molecule has 8 nitrogen and oxygen atoms in total. The second kappa shape index (κ2) is 13.5. The van der Waals surface area contributed by atoms with Crippen molar-refractivity contribution in [2.24, 2.45) is 0 Å². The van der Waals surface area contributed by atoms with Gasteiger partial charge >= 0.3 is 17.9 Å². The van der Waals surface area contributed by atoms with Crippen LogP contribution in [0.5, 0.6) is 11.5 Å². The highest BCUT2D eigenvalue weighted by atomic mass is 16.6. The summed E-state index contributed by atoms with van der Waals surface area (Å²) in [6.07, 6.45) is 0.0280. The Balaban J connectivity index is 1.62. The lowest BCUT2D eigenvalue weighted by Gasteiger charge is -2.18. The van der Waals surface area contributed by atoms with Gasteiger partial charge in [-0.2, -0.15) is 0 Å². The van der Waals surface area contributed by atoms with Crippen LogP contribution >= 0.6 is 0 Å². The fourth-order valence-electron chi connectivity index (χ4n) is 3.81. The van der Waals surface area contributed by atoms with Gasteiger partial charge in [-0.05, 0) is 61.0 Å². The van der Waals surface area contributed by atoms with Gasteiger partial charge in [-0.15, -0.1) is 0 Å². The molecule has 0 spiro atoms. The molecule has 1 N–H and O–H groups in total. The van der Waals surface area contributed by atoms with E-state index in [9.17, 15) is 19.2 Å². The molecule has 4 rings (SSSR count). The zero-order valence-corrected chi connectivity index (χ0v) is 21.7. The minimum absolute atomic E-state index is 0.0166. The zero-order chi connectivity index (χ0) is 28.3. The van der Waals surface area contributed by atoms with Gasteiger partial charge in [0, 0.05) is 12.0 Å². The summed E-state index contributed by atoms with van der Waals surface area (Å²) in [5, 5.41) is 2.71. The lowest BCUT2D eigenvalue weighted by molar-refractivity contribution is -0.145. The van der Waals surface area contributed by atoms with E-state index < -0.39 is 29.9 Å². The first kappa shape index (κ1) is 27.8. The molecule has 0 bridgehead atoms. The third-order valence-corrected chi connectivity index (χ3v) is 5.78. The SMILES string of the molecule is CCOC(=O)C(Cc1ccc(OC(=O)c2ccccc2)c(OC(=O)c2ccccc2)c1)NC(=O)c1ccccc1. The predicted molar refractivity (Wildman–Crippen MR) is 147 cm³/mol. The van der Waals surface area contributed by atoms with Gasteiger partial charge in [-0.25, -0.2) is 14.4 Å². The van der Waals surface area contributed by atoms with E-state index in [1.54, 1.807) is 104 Å². The molecular weight excluding hydrogens is 510 g/mol. The van der Waals surface area contributed by atoms with E-state index in [2.05, 4.69) is 5.32 Å². The highest BCUT2D eigenvalue weighted by Gasteiger charge is 2.25. The van der Waals surface area contributed by atoms with E-state index in [1.807, 2.05) is 0 Å². The summed E-state index contributed by atoms with van der Waals surface area (Å²) in [7, 11) is 0. The second-order valence-corrected chi connectivity index (χ2v) is 8.64. The van der Waals surface area contributed by atoms with Crippen molar-refractivity contribution in [2.45, 2.75) is 19.4 Å². The van der Waals surface area contributed by atoms with Gasteiger partial charge in [0.2, 0.25) is 0 Å². The zero-order valence-electron chi connectivity index (χ0n) is 21.7. The van der Waals surface area contributed by atoms with Crippen LogP contribution in [0.1, 0.15) is 43.6 Å². The maximum Gasteiger partial charge on any atom is 0.343 e. The molecule has 1 unspecified atom stereocenters. The number of esters is 3. The molecule has 8 heteroatoms. The maximum atomic E-state index is 12.9. The Morgan fingerprint density at radius 1 is 0.650 bits per heavy atom. The van der Waals surface area contributed by atoms with Gasteiger partial charge in [-0.1, -0.05) is 60.7 Å². The fourth-order valence-corrected chi connectivity index (χ4v) is 3.81. The van der Waals surface area contributed by atoms with E-state index in [1.165, 1.54) is 12.1 Å². The number of carbonyl (C=O) groups is 4. The molecule has 4 aromatic rings. The summed E-state index contributed by atoms with van der Waals surface area (Å²) >= 11 is 0. The molecule has 0 aliphatic carbocycles. The van der Waals surface area contributed by atoms with Gasteiger partial charge in [0.25, 0.3) is 5.91 Å². The molecule has 0 saturated heterocycles. The molecule has 1 atom stereocenters. The second-order valence-electron chi connectivity index (χ2n) is 8.64. The van der Waals surface area contributed by atoms with E-state index in [0.29, 0.717) is 22.3 Å². The van der Waals surface area contributed by atoms with Gasteiger partial charge in [0.1, 0.15) is 6.04 Å². The monoisotopic (exact) mass is 537 g/mol. The Hall–Kier alpha value is -5.24. The standard InChI is InChI=1S/C32H27NO7/c1-2-38-32(37)26(33-29(34)23-12-6-3-7-13-23)20-22-18-19-27(39-30(35)24-14-8-4-9-15-24)28(21-22)40-31(36)25-16-10-5-11-17-25/h3-19,21,26H,2,20H2,1H3,(H,33,34). The Kier molecular flexibility index (Phi) is 9.39. The third kappa shape index (κ3) is 7.41. The van der Waals surface area contributed by atoms with Gasteiger partial charge in [0.05, 0.1) is 17.7 Å². The van der Waals surface area contributed by atoms with Crippen LogP contribution in [0.15, 0.2) is 109 Å². The molecule has 0 saturated carbocycles. The quantitative estimate of drug-likeness (QED) is 0.223. The average molecular weight is 538 g/mol. The lowest BCUT2D eigenvalue weighted by atomic mass is 10.0. The van der Waals surface area contributed by atoms with Crippen LogP contribution in [-0.2, 0) is 16.0 Å². The van der Waals surface area contributed by atoms with E-state index >= 15 is 0 Å². The smallest absolute Gasteiger partial charge is 0.343 e. The number of hydrogen-bond acceptors (Lipinski definition) is 7. The minimum atomic E-state index is -1.02. The first-order valence-corrected chi connectivity index (χ1v) is 12.6. The number of carbonyl (C=O) groups excluding carboxylic acids is 4. The number of hydrogen-bond donors (Lipinski definition) is 1. The van der Waals surface area contributed by atoms with Crippen LogP contribution < -0.4 is 14.8 Å². The van der Waals surface area contributed by atoms with Crippen LogP contribution in [0.2, 0.25) is 0 Å². The van der Waals surface area contributed by atoms with Crippen molar-refractivity contribution >= 4 is 23.8 Å². The maximum absolute atomic E-state index is 12.9. The van der Waals surface area contributed by atoms with Gasteiger partial charge in [-0.3, -0.25) is 4.79 Å². The van der Waals surface area contributed by atoms with Crippen molar-refractivity contribution in [3.63, 3.8) is 0 Å². The highest BCUT2D eigenvalue weighted by molar-refractivity contribution is 5.97. The molecular formula is C32H27NO7. The summed E-state index contributed by atoms with van der Waals surface area (Å²) in [6.45, 7) is 1.80. The van der Waals surface area contributed by atoms with E-state index in [0.717, 1.165) is 0 Å². The molecule has 0 radical (unpaired) electrons. The van der Waals surface area contributed by atoms with Crippen molar-refractivity contribution in [3.8, 4) is 11.5 Å². The summed E-state index contributed by atoms with van der Waals surface area (Å²) in [5.74, 6) is -2.36.